The van der Waals surface area contributed by atoms with Gasteiger partial charge in [-0.05, 0) is 63.5 Å². The summed E-state index contributed by atoms with van der Waals surface area (Å²) in [4.78, 5) is 12.0. The fourth-order valence-corrected chi connectivity index (χ4v) is 3.46. The lowest BCUT2D eigenvalue weighted by atomic mass is 10.1. The Hall–Kier alpha value is -2.15. The second kappa shape index (κ2) is 10.6. The highest BCUT2D eigenvalue weighted by atomic mass is 79.9. The van der Waals surface area contributed by atoms with Crippen molar-refractivity contribution in [3.63, 3.8) is 0 Å². The zero-order valence-electron chi connectivity index (χ0n) is 15.2. The molecule has 29 heavy (non-hydrogen) atoms. The molecule has 3 rings (SSSR count). The molecule has 3 aromatic carbocycles. The predicted molar refractivity (Wildman–Crippen MR) is 124 cm³/mol. The van der Waals surface area contributed by atoms with Gasteiger partial charge in [-0.2, -0.15) is 5.10 Å². The maximum Gasteiger partial charge on any atom is 0.244 e. The molecular weight excluding hydrogens is 520 g/mol. The van der Waals surface area contributed by atoms with Crippen molar-refractivity contribution in [2.45, 2.75) is 13.0 Å². The van der Waals surface area contributed by atoms with Crippen molar-refractivity contribution in [3.05, 3.63) is 97.4 Å². The molecule has 0 aliphatic carbocycles. The van der Waals surface area contributed by atoms with Crippen LogP contribution >= 0.6 is 43.5 Å². The molecule has 1 N–H and O–H groups in total. The first kappa shape index (κ1) is 21.6. The summed E-state index contributed by atoms with van der Waals surface area (Å²) >= 11 is 13.0. The minimum atomic E-state index is -0.178. The third-order valence-corrected chi connectivity index (χ3v) is 5.49. The van der Waals surface area contributed by atoms with Gasteiger partial charge < -0.3 is 4.74 Å². The number of rotatable bonds is 7. The lowest BCUT2D eigenvalue weighted by molar-refractivity contribution is -0.120. The molecule has 7 heteroatoms. The third kappa shape index (κ3) is 6.70. The maximum atomic E-state index is 12.0. The minimum Gasteiger partial charge on any atom is -0.488 e. The van der Waals surface area contributed by atoms with Crippen LogP contribution in [0.25, 0.3) is 0 Å². The highest BCUT2D eigenvalue weighted by Crippen LogP contribution is 2.27. The van der Waals surface area contributed by atoms with E-state index in [1.165, 1.54) is 0 Å². The summed E-state index contributed by atoms with van der Waals surface area (Å²) in [5, 5.41) is 4.69. The first-order chi connectivity index (χ1) is 14.0. The van der Waals surface area contributed by atoms with E-state index in [1.807, 2.05) is 66.7 Å². The molecule has 0 heterocycles. The summed E-state index contributed by atoms with van der Waals surface area (Å²) in [6, 6.07) is 20.7. The number of hydrogen-bond donors (Lipinski definition) is 1. The smallest absolute Gasteiger partial charge is 0.244 e. The molecule has 0 radical (unpaired) electrons. The first-order valence-electron chi connectivity index (χ1n) is 8.73. The maximum absolute atomic E-state index is 12.0. The average molecular weight is 537 g/mol. The number of carbonyl (C=O) groups excluding carboxylic acids is 1. The van der Waals surface area contributed by atoms with E-state index in [0.717, 1.165) is 25.6 Å². The number of nitrogens with zero attached hydrogens (tertiary/aromatic N) is 1. The van der Waals surface area contributed by atoms with Gasteiger partial charge in [0.25, 0.3) is 0 Å². The zero-order chi connectivity index (χ0) is 20.6. The largest absolute Gasteiger partial charge is 0.488 e. The molecule has 0 spiro atoms. The van der Waals surface area contributed by atoms with E-state index in [4.69, 9.17) is 16.3 Å². The predicted octanol–water partition coefficient (Wildman–Crippen LogP) is 6.14. The van der Waals surface area contributed by atoms with E-state index in [9.17, 15) is 4.79 Å². The molecule has 0 saturated heterocycles. The first-order valence-corrected chi connectivity index (χ1v) is 10.7. The van der Waals surface area contributed by atoms with E-state index >= 15 is 0 Å². The van der Waals surface area contributed by atoms with Gasteiger partial charge in [-0.25, -0.2) is 5.43 Å². The van der Waals surface area contributed by atoms with Gasteiger partial charge in [0.15, 0.2) is 0 Å². The molecule has 0 bridgehead atoms. The van der Waals surface area contributed by atoms with Crippen LogP contribution in [0.4, 0.5) is 0 Å². The van der Waals surface area contributed by atoms with E-state index < -0.39 is 0 Å². The number of nitrogens with one attached hydrogen (secondary N) is 1. The molecule has 1 amide bonds. The summed E-state index contributed by atoms with van der Waals surface area (Å²) in [6.45, 7) is 0.373. The van der Waals surface area contributed by atoms with Crippen LogP contribution in [0.15, 0.2) is 80.8 Å². The highest BCUT2D eigenvalue weighted by Gasteiger charge is 2.05. The number of halogens is 3. The van der Waals surface area contributed by atoms with Crippen molar-refractivity contribution in [2.24, 2.45) is 5.10 Å². The normalized spacial score (nSPS) is 10.9. The third-order valence-electron chi connectivity index (χ3n) is 3.98. The summed E-state index contributed by atoms with van der Waals surface area (Å²) < 4.78 is 7.59. The van der Waals surface area contributed by atoms with Crippen LogP contribution in [0.2, 0.25) is 5.02 Å². The molecule has 0 atom stereocenters. The molecule has 3 aromatic rings. The highest BCUT2D eigenvalue weighted by molar-refractivity contribution is 9.10. The van der Waals surface area contributed by atoms with Crippen molar-refractivity contribution in [3.8, 4) is 5.75 Å². The van der Waals surface area contributed by atoms with Gasteiger partial charge in [0, 0.05) is 15.1 Å². The molecule has 0 fully saturated rings. The molecule has 148 valence electrons. The van der Waals surface area contributed by atoms with Gasteiger partial charge in [0.05, 0.1) is 17.1 Å². The van der Waals surface area contributed by atoms with Gasteiger partial charge in [-0.3, -0.25) is 4.79 Å². The monoisotopic (exact) mass is 534 g/mol. The second-order valence-corrected chi connectivity index (χ2v) is 8.34. The van der Waals surface area contributed by atoms with Crippen LogP contribution in [0, 0.1) is 0 Å². The van der Waals surface area contributed by atoms with E-state index in [1.54, 1.807) is 6.21 Å². The second-order valence-electron chi connectivity index (χ2n) is 6.17. The number of ether oxygens (including phenoxy) is 1. The zero-order valence-corrected chi connectivity index (χ0v) is 19.2. The fourth-order valence-electron chi connectivity index (χ4n) is 2.49. The fraction of sp³-hybridized carbons (Fsp3) is 0.0909. The quantitative estimate of drug-likeness (QED) is 0.292. The van der Waals surface area contributed by atoms with Crippen molar-refractivity contribution in [1.82, 2.24) is 5.43 Å². The van der Waals surface area contributed by atoms with Crippen molar-refractivity contribution < 1.29 is 9.53 Å². The Morgan fingerprint density at radius 2 is 1.83 bits per heavy atom. The van der Waals surface area contributed by atoms with Crippen molar-refractivity contribution in [2.75, 3.05) is 0 Å². The summed E-state index contributed by atoms with van der Waals surface area (Å²) in [5.41, 5.74) is 5.20. The van der Waals surface area contributed by atoms with Crippen molar-refractivity contribution in [1.29, 1.82) is 0 Å². The Balaban J connectivity index is 1.53. The van der Waals surface area contributed by atoms with Gasteiger partial charge in [-0.15, -0.1) is 0 Å². The summed E-state index contributed by atoms with van der Waals surface area (Å²) in [6.07, 6.45) is 1.85. The number of amides is 1. The number of hydrogen-bond acceptors (Lipinski definition) is 3. The average Bonchev–Trinajstić information content (AvgIpc) is 2.70. The molecular formula is C22H17Br2ClN2O2. The Morgan fingerprint density at radius 1 is 1.07 bits per heavy atom. The van der Waals surface area contributed by atoms with Crippen LogP contribution in [0.3, 0.4) is 0 Å². The van der Waals surface area contributed by atoms with E-state index in [2.05, 4.69) is 42.4 Å². The van der Waals surface area contributed by atoms with Crippen LogP contribution in [-0.2, 0) is 17.8 Å². The summed E-state index contributed by atoms with van der Waals surface area (Å²) in [7, 11) is 0. The number of hydrazone groups is 1. The summed E-state index contributed by atoms with van der Waals surface area (Å²) in [5.74, 6) is 0.517. The Morgan fingerprint density at radius 3 is 2.55 bits per heavy atom. The van der Waals surface area contributed by atoms with Gasteiger partial charge in [0.2, 0.25) is 5.91 Å². The van der Waals surface area contributed by atoms with E-state index in [-0.39, 0.29) is 12.3 Å². The SMILES string of the molecule is O=C(Cc1ccc(Br)cc1)N/N=C/c1ccc(OCc2ccccc2Cl)c(Br)c1. The Labute approximate surface area is 191 Å². The van der Waals surface area contributed by atoms with Crippen LogP contribution < -0.4 is 10.2 Å². The lowest BCUT2D eigenvalue weighted by Gasteiger charge is -2.10. The van der Waals surface area contributed by atoms with Crippen LogP contribution in [0.1, 0.15) is 16.7 Å². The van der Waals surface area contributed by atoms with Crippen molar-refractivity contribution >= 4 is 55.6 Å². The van der Waals surface area contributed by atoms with Crippen LogP contribution in [0.5, 0.6) is 5.75 Å². The number of benzene rings is 3. The standard InChI is InChI=1S/C22H17Br2ClN2O2/c23-18-8-5-15(6-9-18)12-22(28)27-26-13-16-7-10-21(19(24)11-16)29-14-17-3-1-2-4-20(17)25/h1-11,13H,12,14H2,(H,27,28)/b26-13+. The Bertz CT molecular complexity index is 1020. The van der Waals surface area contributed by atoms with Crippen LogP contribution in [-0.4, -0.2) is 12.1 Å². The molecule has 0 saturated carbocycles. The molecule has 0 unspecified atom stereocenters. The van der Waals surface area contributed by atoms with Gasteiger partial charge in [0.1, 0.15) is 12.4 Å². The van der Waals surface area contributed by atoms with Gasteiger partial charge in [-0.1, -0.05) is 57.9 Å². The molecule has 0 aromatic heterocycles. The van der Waals surface area contributed by atoms with Gasteiger partial charge >= 0.3 is 0 Å². The molecule has 0 aliphatic heterocycles. The van der Waals surface area contributed by atoms with E-state index in [0.29, 0.717) is 17.4 Å². The Kier molecular flexibility index (Phi) is 7.86. The topological polar surface area (TPSA) is 50.7 Å². The minimum absolute atomic E-state index is 0.178. The lowest BCUT2D eigenvalue weighted by Crippen LogP contribution is -2.19. The molecule has 0 aliphatic rings. The molecule has 4 nitrogen and oxygen atoms in total. The number of carbonyl (C=O) groups is 1.